The zero-order valence-electron chi connectivity index (χ0n) is 22.6. The van der Waals surface area contributed by atoms with Gasteiger partial charge in [-0.2, -0.15) is 5.10 Å². The third-order valence-corrected chi connectivity index (χ3v) is 7.60. The lowest BCUT2D eigenvalue weighted by Gasteiger charge is -2.30. The first kappa shape index (κ1) is 26.6. The van der Waals surface area contributed by atoms with E-state index in [1.165, 1.54) is 37.5 Å². The predicted octanol–water partition coefficient (Wildman–Crippen LogP) is 3.71. The van der Waals surface area contributed by atoms with Crippen LogP contribution in [-0.2, 0) is 9.59 Å². The predicted molar refractivity (Wildman–Crippen MR) is 153 cm³/mol. The number of nitrogen functional groups attached to an aromatic ring is 1. The van der Waals surface area contributed by atoms with Gasteiger partial charge in [-0.25, -0.2) is 4.98 Å². The molecular formula is C29H36N8O2. The van der Waals surface area contributed by atoms with Crippen LogP contribution in [0.1, 0.15) is 38.6 Å². The molecule has 0 saturated carbocycles. The molecule has 6 rings (SSSR count). The fourth-order valence-corrected chi connectivity index (χ4v) is 5.34. The van der Waals surface area contributed by atoms with Gasteiger partial charge in [0.25, 0.3) is 0 Å². The summed E-state index contributed by atoms with van der Waals surface area (Å²) in [5, 5.41) is 9.91. The summed E-state index contributed by atoms with van der Waals surface area (Å²) in [6.07, 6.45) is 11.3. The van der Waals surface area contributed by atoms with Gasteiger partial charge >= 0.3 is 11.8 Å². The van der Waals surface area contributed by atoms with E-state index >= 15 is 0 Å². The largest absolute Gasteiger partial charge is 0.383 e. The van der Waals surface area contributed by atoms with Gasteiger partial charge in [-0.15, -0.1) is 0 Å². The Hall–Kier alpha value is -4.05. The minimum absolute atomic E-state index is 0.335. The van der Waals surface area contributed by atoms with Crippen molar-refractivity contribution in [2.75, 3.05) is 44.3 Å². The summed E-state index contributed by atoms with van der Waals surface area (Å²) in [6, 6.07) is 10.7. The van der Waals surface area contributed by atoms with E-state index in [2.05, 4.69) is 68.3 Å². The molecule has 2 fully saturated rings. The van der Waals surface area contributed by atoms with Gasteiger partial charge in [0.15, 0.2) is 0 Å². The van der Waals surface area contributed by atoms with Crippen LogP contribution in [0, 0.1) is 5.92 Å². The molecule has 10 nitrogen and oxygen atoms in total. The first-order valence-electron chi connectivity index (χ1n) is 13.6. The molecule has 0 aliphatic carbocycles. The van der Waals surface area contributed by atoms with Gasteiger partial charge in [0.2, 0.25) is 0 Å². The van der Waals surface area contributed by atoms with E-state index in [1.54, 1.807) is 23.4 Å². The average molecular weight is 529 g/mol. The maximum atomic E-state index is 12.3. The van der Waals surface area contributed by atoms with Crippen molar-refractivity contribution in [3.63, 3.8) is 0 Å². The lowest BCUT2D eigenvalue weighted by atomic mass is 10.0. The summed E-state index contributed by atoms with van der Waals surface area (Å²) < 4.78 is 2.16. The molecule has 5 heterocycles. The molecule has 1 atom stereocenters. The lowest BCUT2D eigenvalue weighted by Crippen LogP contribution is -2.44. The van der Waals surface area contributed by atoms with E-state index in [0.717, 1.165) is 18.4 Å². The van der Waals surface area contributed by atoms with Crippen molar-refractivity contribution < 1.29 is 9.59 Å². The van der Waals surface area contributed by atoms with E-state index in [0.29, 0.717) is 47.3 Å². The maximum absolute atomic E-state index is 12.3. The van der Waals surface area contributed by atoms with Gasteiger partial charge in [0, 0.05) is 47.8 Å². The molecule has 0 spiro atoms. The fraction of sp³-hybridized carbons (Fsp3) is 0.414. The number of piperidine rings is 2. The van der Waals surface area contributed by atoms with E-state index in [1.807, 2.05) is 6.07 Å². The smallest absolute Gasteiger partial charge is 0.313 e. The Balaban J connectivity index is 0.000000168. The molecule has 204 valence electrons. The maximum Gasteiger partial charge on any atom is 0.313 e. The number of anilines is 2. The minimum atomic E-state index is -0.649. The number of amides is 2. The summed E-state index contributed by atoms with van der Waals surface area (Å²) in [6.45, 7) is 5.70. The van der Waals surface area contributed by atoms with Crippen LogP contribution in [-0.4, -0.2) is 74.6 Å². The Bertz CT molecular complexity index is 1430. The molecule has 1 unspecified atom stereocenters. The van der Waals surface area contributed by atoms with E-state index < -0.39 is 11.8 Å². The van der Waals surface area contributed by atoms with E-state index in [-0.39, 0.29) is 0 Å². The molecular weight excluding hydrogens is 492 g/mol. The zero-order chi connectivity index (χ0) is 27.4. The van der Waals surface area contributed by atoms with Crippen LogP contribution in [0.3, 0.4) is 0 Å². The highest BCUT2D eigenvalue weighted by atomic mass is 16.2. The van der Waals surface area contributed by atoms with Crippen LogP contribution in [0.15, 0.2) is 55.1 Å². The third-order valence-electron chi connectivity index (χ3n) is 7.60. The highest BCUT2D eigenvalue weighted by Gasteiger charge is 2.26. The van der Waals surface area contributed by atoms with Crippen molar-refractivity contribution in [2.24, 2.45) is 5.92 Å². The number of benzene rings is 1. The minimum Gasteiger partial charge on any atom is -0.383 e. The number of likely N-dealkylation sites (tertiary alicyclic amines) is 2. The number of nitrogens with one attached hydrogen (secondary N) is 1. The molecule has 10 heteroatoms. The average Bonchev–Trinajstić information content (AvgIpc) is 3.38. The number of hydrogen-bond donors (Lipinski definition) is 2. The quantitative estimate of drug-likeness (QED) is 0.380. The molecule has 2 aliphatic heterocycles. The summed E-state index contributed by atoms with van der Waals surface area (Å²) in [4.78, 5) is 36.6. The second-order valence-electron chi connectivity index (χ2n) is 10.6. The van der Waals surface area contributed by atoms with E-state index in [9.17, 15) is 9.59 Å². The van der Waals surface area contributed by atoms with Crippen molar-refractivity contribution in [2.45, 2.75) is 38.6 Å². The Morgan fingerprint density at radius 2 is 1.82 bits per heavy atom. The van der Waals surface area contributed by atoms with Crippen LogP contribution in [0.5, 0.6) is 0 Å². The lowest BCUT2D eigenvalue weighted by molar-refractivity contribution is -0.144. The van der Waals surface area contributed by atoms with Crippen molar-refractivity contribution in [3.05, 3.63) is 55.1 Å². The van der Waals surface area contributed by atoms with Gasteiger partial charge in [0.05, 0.1) is 23.4 Å². The fourth-order valence-electron chi connectivity index (χ4n) is 5.34. The molecule has 2 amide bonds. The highest BCUT2D eigenvalue weighted by molar-refractivity contribution is 6.40. The molecule has 1 aromatic carbocycles. The van der Waals surface area contributed by atoms with Crippen LogP contribution in [0.2, 0.25) is 0 Å². The van der Waals surface area contributed by atoms with Gasteiger partial charge < -0.3 is 20.9 Å². The first-order chi connectivity index (χ1) is 18.9. The molecule has 2 saturated heterocycles. The molecule has 0 radical (unpaired) electrons. The van der Waals surface area contributed by atoms with Gasteiger partial charge in [-0.3, -0.25) is 19.3 Å². The summed E-state index contributed by atoms with van der Waals surface area (Å²) in [5.74, 6) is -0.396. The number of nitrogens with two attached hydrogens (primary N) is 1. The Morgan fingerprint density at radius 3 is 2.59 bits per heavy atom. The first-order valence-corrected chi connectivity index (χ1v) is 13.6. The molecule has 2 aliphatic rings. The number of pyridine rings is 2. The van der Waals surface area contributed by atoms with Crippen molar-refractivity contribution in [3.8, 4) is 0 Å². The summed E-state index contributed by atoms with van der Waals surface area (Å²) in [7, 11) is 2.19. The zero-order valence-corrected chi connectivity index (χ0v) is 22.6. The standard InChI is InChI=1S/C16H19N5O2.C13H17N3/c1-10-3-2-6-21(9-10)16(23)15(22)20-13-8-18-7-12-11(13)4-5-19-14(12)17;1-15-8-6-12(7-9-15)16-10-11-4-2-3-5-13(11)14-16/h4-5,7-8,10H,2-3,6,9H2,1H3,(H2,17,19)(H,20,22);2-5,10,12H,6-9H2,1H3. The molecule has 4 aromatic rings. The monoisotopic (exact) mass is 528 g/mol. The molecule has 3 N–H and O–H groups in total. The Kier molecular flexibility index (Phi) is 8.02. The molecule has 3 aromatic heterocycles. The third kappa shape index (κ3) is 6.17. The van der Waals surface area contributed by atoms with Crippen LogP contribution in [0.4, 0.5) is 11.5 Å². The molecule has 0 bridgehead atoms. The van der Waals surface area contributed by atoms with Gasteiger partial charge in [-0.05, 0) is 63.9 Å². The summed E-state index contributed by atoms with van der Waals surface area (Å²) in [5.41, 5.74) is 7.38. The topological polar surface area (TPSA) is 122 Å². The second-order valence-corrected chi connectivity index (χ2v) is 10.6. The van der Waals surface area contributed by atoms with E-state index in [4.69, 9.17) is 5.73 Å². The molecule has 39 heavy (non-hydrogen) atoms. The Labute approximate surface area is 228 Å². The van der Waals surface area contributed by atoms with Crippen molar-refractivity contribution in [1.29, 1.82) is 0 Å². The second kappa shape index (κ2) is 11.8. The van der Waals surface area contributed by atoms with Crippen LogP contribution < -0.4 is 11.1 Å². The number of carbonyl (C=O) groups is 2. The van der Waals surface area contributed by atoms with Gasteiger partial charge in [-0.1, -0.05) is 25.1 Å². The SMILES string of the molecule is CC1CCCN(C(=O)C(=O)Nc2cncc3c(N)nccc23)C1.CN1CCC(n2cc3ccccc3n2)CC1. The van der Waals surface area contributed by atoms with Crippen molar-refractivity contribution in [1.82, 2.24) is 29.5 Å². The van der Waals surface area contributed by atoms with Crippen molar-refractivity contribution >= 4 is 45.0 Å². The number of nitrogens with zero attached hydrogens (tertiary/aromatic N) is 6. The number of aromatic nitrogens is 4. The van der Waals surface area contributed by atoms with Crippen LogP contribution in [0.25, 0.3) is 21.7 Å². The summed E-state index contributed by atoms with van der Waals surface area (Å²) >= 11 is 0. The number of carbonyl (C=O) groups excluding carboxylic acids is 2. The Morgan fingerprint density at radius 1 is 1.03 bits per heavy atom. The van der Waals surface area contributed by atoms with Crippen LogP contribution >= 0.6 is 0 Å². The normalized spacial score (nSPS) is 18.5. The number of rotatable bonds is 2. The number of fused-ring (bicyclic) bond motifs is 2. The van der Waals surface area contributed by atoms with Gasteiger partial charge in [0.1, 0.15) is 5.82 Å². The number of hydrogen-bond acceptors (Lipinski definition) is 7. The highest BCUT2D eigenvalue weighted by Crippen LogP contribution is 2.25.